The van der Waals surface area contributed by atoms with E-state index in [0.717, 1.165) is 5.56 Å². The van der Waals surface area contributed by atoms with Crippen molar-refractivity contribution in [3.63, 3.8) is 0 Å². The molecule has 0 aromatic heterocycles. The first-order chi connectivity index (χ1) is 10.4. The van der Waals surface area contributed by atoms with Gasteiger partial charge in [0.1, 0.15) is 0 Å². The Morgan fingerprint density at radius 1 is 1.05 bits per heavy atom. The zero-order valence-corrected chi connectivity index (χ0v) is 11.8. The molecule has 0 N–H and O–H groups in total. The minimum atomic E-state index is -1.53. The van der Waals surface area contributed by atoms with Crippen LogP contribution in [0.25, 0.3) is 5.57 Å². The zero-order valence-electron chi connectivity index (χ0n) is 11.8. The summed E-state index contributed by atoms with van der Waals surface area (Å²) in [5.74, 6) is -7.18. The summed E-state index contributed by atoms with van der Waals surface area (Å²) in [6.45, 7) is 0. The Morgan fingerprint density at radius 3 is 2.18 bits per heavy atom. The van der Waals surface area contributed by atoms with Gasteiger partial charge in [0, 0.05) is 30.8 Å². The fourth-order valence-corrected chi connectivity index (χ4v) is 3.52. The van der Waals surface area contributed by atoms with Crippen molar-refractivity contribution < 1.29 is 24.6 Å². The van der Waals surface area contributed by atoms with E-state index >= 15 is 0 Å². The number of likely N-dealkylation sites (N-methyl/N-ethyl adjacent to an activating group) is 1. The van der Waals surface area contributed by atoms with E-state index in [1.54, 1.807) is 30.3 Å². The van der Waals surface area contributed by atoms with Gasteiger partial charge in [0.25, 0.3) is 0 Å². The van der Waals surface area contributed by atoms with Crippen LogP contribution in [0.5, 0.6) is 0 Å². The van der Waals surface area contributed by atoms with Crippen molar-refractivity contribution >= 4 is 23.4 Å². The molecule has 1 saturated heterocycles. The van der Waals surface area contributed by atoms with Gasteiger partial charge in [-0.3, -0.25) is 4.79 Å². The number of carbonyl (C=O) groups is 3. The summed E-state index contributed by atoms with van der Waals surface area (Å²) in [5, 5.41) is 22.9. The molecule has 1 fully saturated rings. The smallest absolute Gasteiger partial charge is 0.230 e. The van der Waals surface area contributed by atoms with Crippen molar-refractivity contribution in [2.24, 2.45) is 17.8 Å². The van der Waals surface area contributed by atoms with Crippen molar-refractivity contribution in [3.8, 4) is 0 Å². The minimum absolute atomic E-state index is 0.406. The van der Waals surface area contributed by atoms with Crippen molar-refractivity contribution in [2.75, 3.05) is 7.05 Å². The molecule has 2 heterocycles. The number of benzene rings is 1. The number of carboxylic acids is 2. The lowest BCUT2D eigenvalue weighted by atomic mass is 9.64. The van der Waals surface area contributed by atoms with Crippen LogP contribution >= 0.6 is 0 Å². The number of carbonyl (C=O) groups excluding carboxylic acids is 3. The van der Waals surface area contributed by atoms with Crippen LogP contribution in [0.15, 0.2) is 36.4 Å². The van der Waals surface area contributed by atoms with Gasteiger partial charge < -0.3 is 24.7 Å². The first-order valence-electron chi connectivity index (χ1n) is 6.89. The molecule has 0 radical (unpaired) electrons. The van der Waals surface area contributed by atoms with E-state index in [4.69, 9.17) is 0 Å². The van der Waals surface area contributed by atoms with E-state index < -0.39 is 41.6 Å². The average molecular weight is 299 g/mol. The molecular weight excluding hydrogens is 286 g/mol. The van der Waals surface area contributed by atoms with E-state index in [2.05, 4.69) is 0 Å². The van der Waals surface area contributed by atoms with Crippen LogP contribution < -0.4 is 10.2 Å². The molecule has 22 heavy (non-hydrogen) atoms. The van der Waals surface area contributed by atoms with Crippen LogP contribution in [-0.4, -0.2) is 35.8 Å². The van der Waals surface area contributed by atoms with Gasteiger partial charge in [0.2, 0.25) is 5.91 Å². The van der Waals surface area contributed by atoms with E-state index in [-0.39, 0.29) is 0 Å². The molecule has 3 aliphatic rings. The van der Waals surface area contributed by atoms with Crippen molar-refractivity contribution in [3.05, 3.63) is 42.0 Å². The normalized spacial score (nSPS) is 30.1. The molecule has 4 unspecified atom stereocenters. The Morgan fingerprint density at radius 2 is 1.64 bits per heavy atom. The zero-order chi connectivity index (χ0) is 16.0. The summed E-state index contributed by atoms with van der Waals surface area (Å²) in [5.41, 5.74) is 1.40. The third kappa shape index (κ3) is 1.91. The minimum Gasteiger partial charge on any atom is -0.550 e. The van der Waals surface area contributed by atoms with E-state index in [9.17, 15) is 24.6 Å². The number of amides is 1. The molecule has 6 nitrogen and oxygen atoms in total. The molecule has 1 aromatic carbocycles. The molecule has 0 saturated carbocycles. The molecule has 114 valence electrons. The summed E-state index contributed by atoms with van der Waals surface area (Å²) in [4.78, 5) is 36.4. The number of hydrogen-bond donors (Lipinski definition) is 0. The summed E-state index contributed by atoms with van der Waals surface area (Å²) >= 11 is 0. The highest BCUT2D eigenvalue weighted by atomic mass is 16.4. The predicted octanol–water partition coefficient (Wildman–Crippen LogP) is -1.73. The number of rotatable bonds is 3. The van der Waals surface area contributed by atoms with Gasteiger partial charge in [-0.25, -0.2) is 0 Å². The first kappa shape index (κ1) is 14.3. The third-order valence-electron chi connectivity index (χ3n) is 4.49. The molecule has 1 aromatic rings. The van der Waals surface area contributed by atoms with E-state index in [0.29, 0.717) is 5.57 Å². The van der Waals surface area contributed by atoms with Crippen LogP contribution in [0.1, 0.15) is 5.56 Å². The van der Waals surface area contributed by atoms with Gasteiger partial charge >= 0.3 is 0 Å². The molecule has 1 aliphatic carbocycles. The van der Waals surface area contributed by atoms with Gasteiger partial charge in [-0.05, 0) is 11.1 Å². The highest BCUT2D eigenvalue weighted by Crippen LogP contribution is 2.45. The number of nitrogens with zero attached hydrogens (tertiary/aromatic N) is 1. The van der Waals surface area contributed by atoms with E-state index in [1.807, 2.05) is 6.07 Å². The highest BCUT2D eigenvalue weighted by Gasteiger charge is 2.52. The third-order valence-corrected chi connectivity index (χ3v) is 4.49. The molecule has 2 aliphatic heterocycles. The van der Waals surface area contributed by atoms with Crippen LogP contribution in [0, 0.1) is 17.8 Å². The predicted molar refractivity (Wildman–Crippen MR) is 71.5 cm³/mol. The number of hydrogen-bond acceptors (Lipinski definition) is 5. The summed E-state index contributed by atoms with van der Waals surface area (Å²) < 4.78 is 0. The molecule has 2 bridgehead atoms. The summed E-state index contributed by atoms with van der Waals surface area (Å²) in [6, 6.07) is 8.14. The number of aliphatic carboxylic acids is 2. The second kappa shape index (κ2) is 4.98. The van der Waals surface area contributed by atoms with Gasteiger partial charge in [-0.1, -0.05) is 36.4 Å². The Kier molecular flexibility index (Phi) is 3.24. The lowest BCUT2D eigenvalue weighted by Gasteiger charge is -2.52. The second-order valence-electron chi connectivity index (χ2n) is 5.60. The average Bonchev–Trinajstić information content (AvgIpc) is 2.50. The molecular formula is C16H13NO5-2. The lowest BCUT2D eigenvalue weighted by molar-refractivity contribution is -0.330. The lowest BCUT2D eigenvalue weighted by Crippen LogP contribution is -2.65. The maximum absolute atomic E-state index is 12.2. The Labute approximate surface area is 126 Å². The van der Waals surface area contributed by atoms with Crippen molar-refractivity contribution in [1.29, 1.82) is 0 Å². The molecule has 4 rings (SSSR count). The molecule has 4 atom stereocenters. The largest absolute Gasteiger partial charge is 0.550 e. The maximum atomic E-state index is 12.2. The van der Waals surface area contributed by atoms with Gasteiger partial charge in [-0.2, -0.15) is 0 Å². The number of carboxylic acid groups (broad SMARTS) is 2. The summed E-state index contributed by atoms with van der Waals surface area (Å²) in [7, 11) is 1.48. The van der Waals surface area contributed by atoms with Crippen LogP contribution in [0.2, 0.25) is 0 Å². The molecule has 6 heteroatoms. The van der Waals surface area contributed by atoms with Crippen LogP contribution in [0.3, 0.4) is 0 Å². The number of fused-ring (bicyclic) bond motifs is 2. The van der Waals surface area contributed by atoms with E-state index in [1.165, 1.54) is 11.9 Å². The van der Waals surface area contributed by atoms with Gasteiger partial charge in [0.05, 0.1) is 12.0 Å². The van der Waals surface area contributed by atoms with Crippen molar-refractivity contribution in [2.45, 2.75) is 6.04 Å². The Bertz CT molecular complexity index is 681. The van der Waals surface area contributed by atoms with Crippen molar-refractivity contribution in [1.82, 2.24) is 4.90 Å². The standard InChI is InChI=1S/C16H15NO5/c1-17-13-9(8-5-3-2-4-6-8)7-10(14(17)18)11(15(19)20)12(13)16(21)22/h2-7,10-13H,1H3,(H,19,20)(H,21,22)/p-2. The Balaban J connectivity index is 2.17. The second-order valence-corrected chi connectivity index (χ2v) is 5.60. The van der Waals surface area contributed by atoms with Gasteiger partial charge in [0.15, 0.2) is 0 Å². The monoisotopic (exact) mass is 299 g/mol. The van der Waals surface area contributed by atoms with Crippen LogP contribution in [0.4, 0.5) is 0 Å². The first-order valence-corrected chi connectivity index (χ1v) is 6.89. The highest BCUT2D eigenvalue weighted by molar-refractivity contribution is 5.98. The molecule has 1 amide bonds. The van der Waals surface area contributed by atoms with Gasteiger partial charge in [-0.15, -0.1) is 0 Å². The SMILES string of the molecule is CN1C(=O)C2C=C(c3ccccc3)C1C(C(=O)[O-])C2C(=O)[O-]. The molecule has 0 spiro atoms. The van der Waals surface area contributed by atoms with Crippen LogP contribution in [-0.2, 0) is 14.4 Å². The summed E-state index contributed by atoms with van der Waals surface area (Å²) in [6.07, 6.45) is 1.56. The number of piperidine rings is 1. The fourth-order valence-electron chi connectivity index (χ4n) is 3.52. The topological polar surface area (TPSA) is 101 Å². The Hall–Kier alpha value is -2.63. The fraction of sp³-hybridized carbons (Fsp3) is 0.312. The maximum Gasteiger partial charge on any atom is 0.230 e. The quantitative estimate of drug-likeness (QED) is 0.660.